The van der Waals surface area contributed by atoms with Crippen LogP contribution in [0.15, 0.2) is 24.4 Å². The minimum absolute atomic E-state index is 0.878. The molecule has 0 unspecified atom stereocenters. The number of unbranched alkanes of at least 4 members (excludes halogenated alkanes) is 4. The Balaban J connectivity index is 2.21. The van der Waals surface area contributed by atoms with E-state index in [0.717, 1.165) is 12.1 Å². The number of nitrogens with zero attached hydrogens (tertiary/aromatic N) is 1. The summed E-state index contributed by atoms with van der Waals surface area (Å²) in [4.78, 5) is 4.14. The van der Waals surface area contributed by atoms with Crippen molar-refractivity contribution in [3.05, 3.63) is 30.1 Å². The molecule has 1 heteroatoms. The molecule has 0 aliphatic heterocycles. The van der Waals surface area contributed by atoms with Crippen LogP contribution in [0.2, 0.25) is 0 Å². The third-order valence-electron chi connectivity index (χ3n) is 2.04. The van der Waals surface area contributed by atoms with Gasteiger partial charge in [0.05, 0.1) is 0 Å². The van der Waals surface area contributed by atoms with Gasteiger partial charge in [-0.2, -0.15) is 0 Å². The molecule has 0 saturated heterocycles. The number of pyridine rings is 1. The third kappa shape index (κ3) is 4.67. The third-order valence-corrected chi connectivity index (χ3v) is 2.04. The van der Waals surface area contributed by atoms with Crippen LogP contribution in [0.5, 0.6) is 0 Å². The molecule has 1 rings (SSSR count). The fraction of sp³-hybridized carbons (Fsp3) is 0.462. The molecule has 74 valence electrons. The van der Waals surface area contributed by atoms with E-state index in [9.17, 15) is 0 Å². The predicted molar refractivity (Wildman–Crippen MR) is 59.9 cm³/mol. The summed E-state index contributed by atoms with van der Waals surface area (Å²) in [5.74, 6) is 6.21. The van der Waals surface area contributed by atoms with Gasteiger partial charge in [-0.15, -0.1) is 0 Å². The van der Waals surface area contributed by atoms with E-state index < -0.39 is 0 Å². The first kappa shape index (κ1) is 10.8. The summed E-state index contributed by atoms with van der Waals surface area (Å²) in [6.07, 6.45) is 7.90. The average Bonchev–Trinajstić information content (AvgIpc) is 2.25. The largest absolute Gasteiger partial charge is 0.248 e. The average molecular weight is 187 g/mol. The molecule has 0 spiro atoms. The maximum Gasteiger partial charge on any atom is 0.113 e. The molecule has 0 N–H and O–H groups in total. The fourth-order valence-electron chi connectivity index (χ4n) is 1.23. The maximum atomic E-state index is 4.14. The van der Waals surface area contributed by atoms with Gasteiger partial charge in [0, 0.05) is 12.6 Å². The highest BCUT2D eigenvalue weighted by Gasteiger charge is 1.85. The van der Waals surface area contributed by atoms with E-state index in [-0.39, 0.29) is 0 Å². The summed E-state index contributed by atoms with van der Waals surface area (Å²) in [7, 11) is 0. The molecule has 0 aliphatic carbocycles. The van der Waals surface area contributed by atoms with Crippen LogP contribution >= 0.6 is 0 Å². The first-order valence-electron chi connectivity index (χ1n) is 5.33. The molecule has 1 heterocycles. The summed E-state index contributed by atoms with van der Waals surface area (Å²) in [6, 6.07) is 5.82. The van der Waals surface area contributed by atoms with Crippen molar-refractivity contribution in [1.29, 1.82) is 0 Å². The Kier molecular flexibility index (Phi) is 5.51. The first-order chi connectivity index (χ1) is 6.93. The van der Waals surface area contributed by atoms with Crippen molar-refractivity contribution < 1.29 is 0 Å². The lowest BCUT2D eigenvalue weighted by atomic mass is 10.1. The standard InChI is InChI=1S/C13H17N/c1-2-3-4-5-6-7-10-13-11-8-9-12-14-13/h8-9,11-12H,2-6H2,1H3. The zero-order valence-corrected chi connectivity index (χ0v) is 8.79. The summed E-state index contributed by atoms with van der Waals surface area (Å²) in [5, 5.41) is 0. The highest BCUT2D eigenvalue weighted by atomic mass is 14.6. The first-order valence-corrected chi connectivity index (χ1v) is 5.33. The van der Waals surface area contributed by atoms with E-state index >= 15 is 0 Å². The van der Waals surface area contributed by atoms with Crippen molar-refractivity contribution in [3.63, 3.8) is 0 Å². The quantitative estimate of drug-likeness (QED) is 0.520. The van der Waals surface area contributed by atoms with E-state index in [1.54, 1.807) is 6.20 Å². The number of hydrogen-bond donors (Lipinski definition) is 0. The minimum atomic E-state index is 0.878. The molecule has 1 aromatic rings. The van der Waals surface area contributed by atoms with Gasteiger partial charge in [0.2, 0.25) is 0 Å². The molecule has 1 aromatic heterocycles. The zero-order valence-electron chi connectivity index (χ0n) is 8.79. The summed E-state index contributed by atoms with van der Waals surface area (Å²) >= 11 is 0. The number of aromatic nitrogens is 1. The van der Waals surface area contributed by atoms with E-state index in [0.29, 0.717) is 0 Å². The predicted octanol–water partition coefficient (Wildman–Crippen LogP) is 3.40. The fourth-order valence-corrected chi connectivity index (χ4v) is 1.23. The lowest BCUT2D eigenvalue weighted by Crippen LogP contribution is -1.79. The van der Waals surface area contributed by atoms with Crippen LogP contribution in [0.4, 0.5) is 0 Å². The molecule has 14 heavy (non-hydrogen) atoms. The van der Waals surface area contributed by atoms with Crippen molar-refractivity contribution >= 4 is 0 Å². The van der Waals surface area contributed by atoms with Crippen molar-refractivity contribution in [2.24, 2.45) is 0 Å². The van der Waals surface area contributed by atoms with Gasteiger partial charge in [-0.3, -0.25) is 0 Å². The summed E-state index contributed by atoms with van der Waals surface area (Å²) in [6.45, 7) is 2.22. The van der Waals surface area contributed by atoms with Crippen molar-refractivity contribution in [2.75, 3.05) is 0 Å². The van der Waals surface area contributed by atoms with Crippen LogP contribution in [0.3, 0.4) is 0 Å². The molecule has 0 saturated carbocycles. The molecule has 0 radical (unpaired) electrons. The molecule has 0 aliphatic rings. The van der Waals surface area contributed by atoms with Gasteiger partial charge in [-0.1, -0.05) is 38.2 Å². The lowest BCUT2D eigenvalue weighted by molar-refractivity contribution is 0.679. The Morgan fingerprint density at radius 2 is 2.14 bits per heavy atom. The number of hydrogen-bond acceptors (Lipinski definition) is 1. The summed E-state index contributed by atoms with van der Waals surface area (Å²) in [5.41, 5.74) is 0.878. The SMILES string of the molecule is CCCCCCC#Cc1ccccn1. The summed E-state index contributed by atoms with van der Waals surface area (Å²) < 4.78 is 0. The van der Waals surface area contributed by atoms with E-state index in [2.05, 4.69) is 23.7 Å². The van der Waals surface area contributed by atoms with Crippen LogP contribution in [-0.2, 0) is 0 Å². The molecule has 0 bridgehead atoms. The Morgan fingerprint density at radius 3 is 2.86 bits per heavy atom. The minimum Gasteiger partial charge on any atom is -0.248 e. The molecular weight excluding hydrogens is 170 g/mol. The van der Waals surface area contributed by atoms with E-state index in [4.69, 9.17) is 0 Å². The van der Waals surface area contributed by atoms with E-state index in [1.165, 1.54) is 25.7 Å². The van der Waals surface area contributed by atoms with Gasteiger partial charge in [-0.05, 0) is 24.5 Å². The van der Waals surface area contributed by atoms with Crippen LogP contribution < -0.4 is 0 Å². The smallest absolute Gasteiger partial charge is 0.113 e. The van der Waals surface area contributed by atoms with Gasteiger partial charge in [-0.25, -0.2) is 4.98 Å². The molecular formula is C13H17N. The van der Waals surface area contributed by atoms with Crippen LogP contribution in [0.25, 0.3) is 0 Å². The second-order valence-electron chi connectivity index (χ2n) is 3.33. The Morgan fingerprint density at radius 1 is 1.21 bits per heavy atom. The van der Waals surface area contributed by atoms with E-state index in [1.807, 2.05) is 18.2 Å². The van der Waals surface area contributed by atoms with Crippen molar-refractivity contribution in [3.8, 4) is 11.8 Å². The topological polar surface area (TPSA) is 12.9 Å². The molecule has 0 amide bonds. The lowest BCUT2D eigenvalue weighted by Gasteiger charge is -1.91. The highest BCUT2D eigenvalue weighted by Crippen LogP contribution is 2.01. The number of rotatable bonds is 4. The molecule has 0 fully saturated rings. The molecule has 0 aromatic carbocycles. The van der Waals surface area contributed by atoms with Gasteiger partial charge in [0.25, 0.3) is 0 Å². The van der Waals surface area contributed by atoms with Crippen molar-refractivity contribution in [2.45, 2.75) is 39.0 Å². The van der Waals surface area contributed by atoms with Crippen LogP contribution in [0.1, 0.15) is 44.7 Å². The normalized spacial score (nSPS) is 9.21. The van der Waals surface area contributed by atoms with Gasteiger partial charge in [0.15, 0.2) is 0 Å². The maximum absolute atomic E-state index is 4.14. The van der Waals surface area contributed by atoms with Gasteiger partial charge >= 0.3 is 0 Å². The second kappa shape index (κ2) is 7.15. The second-order valence-corrected chi connectivity index (χ2v) is 3.33. The highest BCUT2D eigenvalue weighted by molar-refractivity contribution is 5.26. The molecule has 0 atom stereocenters. The Labute approximate surface area is 86.6 Å². The van der Waals surface area contributed by atoms with Gasteiger partial charge in [0.1, 0.15) is 5.69 Å². The monoisotopic (exact) mass is 187 g/mol. The zero-order chi connectivity index (χ0) is 10.1. The van der Waals surface area contributed by atoms with Crippen LogP contribution in [0, 0.1) is 11.8 Å². The van der Waals surface area contributed by atoms with Gasteiger partial charge < -0.3 is 0 Å². The Hall–Kier alpha value is -1.29. The van der Waals surface area contributed by atoms with Crippen LogP contribution in [-0.4, -0.2) is 4.98 Å². The Bertz CT molecular complexity index is 292. The molecule has 1 nitrogen and oxygen atoms in total. The van der Waals surface area contributed by atoms with Crippen molar-refractivity contribution in [1.82, 2.24) is 4.98 Å².